The van der Waals surface area contributed by atoms with E-state index in [0.717, 1.165) is 25.9 Å². The van der Waals surface area contributed by atoms with Crippen molar-refractivity contribution < 1.29 is 17.9 Å². The van der Waals surface area contributed by atoms with E-state index in [9.17, 15) is 8.42 Å². The fraction of sp³-hybridized carbons (Fsp3) is 0.438. The predicted octanol–water partition coefficient (Wildman–Crippen LogP) is 1.62. The van der Waals surface area contributed by atoms with Crippen molar-refractivity contribution in [3.8, 4) is 11.8 Å². The van der Waals surface area contributed by atoms with Crippen LogP contribution in [0.5, 0.6) is 11.8 Å². The lowest BCUT2D eigenvalue weighted by Gasteiger charge is -2.16. The summed E-state index contributed by atoms with van der Waals surface area (Å²) in [5, 5.41) is 0.286. The fourth-order valence-corrected chi connectivity index (χ4v) is 4.12. The van der Waals surface area contributed by atoms with Gasteiger partial charge in [0, 0.05) is 18.1 Å². The number of anilines is 1. The van der Waals surface area contributed by atoms with Gasteiger partial charge in [0.05, 0.1) is 20.8 Å². The number of methoxy groups -OCH3 is 2. The van der Waals surface area contributed by atoms with Crippen LogP contribution in [0.1, 0.15) is 18.7 Å². The van der Waals surface area contributed by atoms with Gasteiger partial charge < -0.3 is 14.4 Å². The van der Waals surface area contributed by atoms with Crippen molar-refractivity contribution in [3.05, 3.63) is 29.0 Å². The first-order chi connectivity index (χ1) is 12.9. The summed E-state index contributed by atoms with van der Waals surface area (Å²) in [7, 11) is -1.05. The van der Waals surface area contributed by atoms with E-state index in [4.69, 9.17) is 21.1 Å². The molecule has 1 aromatic carbocycles. The van der Waals surface area contributed by atoms with Gasteiger partial charge >= 0.3 is 6.01 Å². The number of hydrogen-bond acceptors (Lipinski definition) is 8. The van der Waals surface area contributed by atoms with Crippen LogP contribution in [-0.4, -0.2) is 50.7 Å². The quantitative estimate of drug-likeness (QED) is 0.729. The van der Waals surface area contributed by atoms with E-state index in [1.807, 2.05) is 4.90 Å². The zero-order valence-electron chi connectivity index (χ0n) is 15.0. The van der Waals surface area contributed by atoms with Gasteiger partial charge in [-0.15, -0.1) is 0 Å². The molecule has 11 heteroatoms. The number of aromatic nitrogens is 3. The average molecular weight is 414 g/mol. The average Bonchev–Trinajstić information content (AvgIpc) is 3.21. The minimum atomic E-state index is -3.89. The number of benzene rings is 1. The summed E-state index contributed by atoms with van der Waals surface area (Å²) in [6, 6.07) is 4.51. The second-order valence-corrected chi connectivity index (χ2v) is 8.02. The second kappa shape index (κ2) is 8.24. The molecule has 2 aromatic rings. The molecule has 9 nitrogen and oxygen atoms in total. The van der Waals surface area contributed by atoms with E-state index in [1.54, 1.807) is 6.07 Å². The SMILES string of the molecule is COc1nc(CNS(=O)(=O)c2cc(Cl)ccc2OC)nc(N2CCCC2)n1. The molecular weight excluding hydrogens is 394 g/mol. The highest BCUT2D eigenvalue weighted by Gasteiger charge is 2.22. The topological polar surface area (TPSA) is 107 Å². The first-order valence-corrected chi connectivity index (χ1v) is 10.2. The zero-order chi connectivity index (χ0) is 19.4. The number of ether oxygens (including phenoxy) is 2. The summed E-state index contributed by atoms with van der Waals surface area (Å²) in [5.74, 6) is 0.931. The number of nitrogens with one attached hydrogen (secondary N) is 1. The summed E-state index contributed by atoms with van der Waals surface area (Å²) in [6.45, 7) is 1.56. The number of halogens is 1. The highest BCUT2D eigenvalue weighted by atomic mass is 35.5. The van der Waals surface area contributed by atoms with Crippen molar-refractivity contribution in [1.82, 2.24) is 19.7 Å². The van der Waals surface area contributed by atoms with Crippen LogP contribution in [0.15, 0.2) is 23.1 Å². The monoisotopic (exact) mass is 413 g/mol. The second-order valence-electron chi connectivity index (χ2n) is 5.85. The van der Waals surface area contributed by atoms with Crippen LogP contribution in [0.3, 0.4) is 0 Å². The van der Waals surface area contributed by atoms with Crippen molar-refractivity contribution in [2.24, 2.45) is 0 Å². The lowest BCUT2D eigenvalue weighted by Crippen LogP contribution is -2.26. The van der Waals surface area contributed by atoms with Gasteiger partial charge in [0.25, 0.3) is 0 Å². The van der Waals surface area contributed by atoms with Crippen molar-refractivity contribution in [3.63, 3.8) is 0 Å². The maximum absolute atomic E-state index is 12.7. The third-order valence-electron chi connectivity index (χ3n) is 4.06. The van der Waals surface area contributed by atoms with Gasteiger partial charge in [-0.1, -0.05) is 11.6 Å². The lowest BCUT2D eigenvalue weighted by molar-refractivity contribution is 0.375. The molecule has 0 amide bonds. The van der Waals surface area contributed by atoms with E-state index in [-0.39, 0.29) is 34.0 Å². The molecule has 1 N–H and O–H groups in total. The van der Waals surface area contributed by atoms with Gasteiger partial charge in [-0.3, -0.25) is 0 Å². The van der Waals surface area contributed by atoms with Gasteiger partial charge in [-0.05, 0) is 31.0 Å². The Bertz CT molecular complexity index is 919. The number of nitrogens with zero attached hydrogens (tertiary/aromatic N) is 4. The van der Waals surface area contributed by atoms with Crippen LogP contribution in [0.25, 0.3) is 0 Å². The molecule has 0 atom stereocenters. The molecular formula is C16H20ClN5O4S. The summed E-state index contributed by atoms with van der Waals surface area (Å²) in [6.07, 6.45) is 2.12. The van der Waals surface area contributed by atoms with Gasteiger partial charge in [-0.2, -0.15) is 15.0 Å². The minimum absolute atomic E-state index is 0.0571. The van der Waals surface area contributed by atoms with Crippen LogP contribution in [0, 0.1) is 0 Å². The van der Waals surface area contributed by atoms with E-state index >= 15 is 0 Å². The Morgan fingerprint density at radius 3 is 2.56 bits per heavy atom. The Morgan fingerprint density at radius 1 is 1.15 bits per heavy atom. The Balaban J connectivity index is 1.83. The Kier molecular flexibility index (Phi) is 5.98. The Hall–Kier alpha value is -2.17. The maximum Gasteiger partial charge on any atom is 0.321 e. The molecule has 0 radical (unpaired) electrons. The molecule has 3 rings (SSSR count). The third-order valence-corrected chi connectivity index (χ3v) is 5.71. The van der Waals surface area contributed by atoms with Crippen LogP contribution in [0.4, 0.5) is 5.95 Å². The standard InChI is InChI=1S/C16H20ClN5O4S/c1-25-12-6-5-11(17)9-13(12)27(23,24)18-10-14-19-15(21-16(20-14)26-2)22-7-3-4-8-22/h5-6,9,18H,3-4,7-8,10H2,1-2H3. The Labute approximate surface area is 162 Å². The normalized spacial score (nSPS) is 14.4. The molecule has 0 spiro atoms. The highest BCUT2D eigenvalue weighted by Crippen LogP contribution is 2.27. The smallest absolute Gasteiger partial charge is 0.321 e. The van der Waals surface area contributed by atoms with Crippen LogP contribution in [-0.2, 0) is 16.6 Å². The molecule has 1 saturated heterocycles. The number of sulfonamides is 1. The first kappa shape index (κ1) is 19.6. The molecule has 1 aliphatic heterocycles. The van der Waals surface area contributed by atoms with Crippen LogP contribution < -0.4 is 19.1 Å². The van der Waals surface area contributed by atoms with Crippen molar-refractivity contribution in [2.75, 3.05) is 32.2 Å². The Morgan fingerprint density at radius 2 is 1.89 bits per heavy atom. The van der Waals surface area contributed by atoms with Gasteiger partial charge in [0.15, 0.2) is 5.82 Å². The summed E-state index contributed by atoms with van der Waals surface area (Å²) >= 11 is 5.93. The molecule has 146 valence electrons. The first-order valence-electron chi connectivity index (χ1n) is 8.30. The van der Waals surface area contributed by atoms with E-state index in [1.165, 1.54) is 26.4 Å². The molecule has 1 aliphatic rings. The van der Waals surface area contributed by atoms with Gasteiger partial charge in [0.2, 0.25) is 16.0 Å². The third kappa shape index (κ3) is 4.57. The molecule has 27 heavy (non-hydrogen) atoms. The van der Waals surface area contributed by atoms with Gasteiger partial charge in [-0.25, -0.2) is 13.1 Å². The molecule has 0 saturated carbocycles. The molecule has 1 fully saturated rings. The maximum atomic E-state index is 12.7. The molecule has 0 aliphatic carbocycles. The van der Waals surface area contributed by atoms with Crippen molar-refractivity contribution in [2.45, 2.75) is 24.3 Å². The lowest BCUT2D eigenvalue weighted by atomic mass is 10.3. The number of hydrogen-bond donors (Lipinski definition) is 1. The predicted molar refractivity (Wildman–Crippen MR) is 99.9 cm³/mol. The van der Waals surface area contributed by atoms with Crippen LogP contribution >= 0.6 is 11.6 Å². The van der Waals surface area contributed by atoms with E-state index < -0.39 is 10.0 Å². The highest BCUT2D eigenvalue weighted by molar-refractivity contribution is 7.89. The molecule has 1 aromatic heterocycles. The van der Waals surface area contributed by atoms with E-state index in [0.29, 0.717) is 5.95 Å². The largest absolute Gasteiger partial charge is 0.495 e. The summed E-state index contributed by atoms with van der Waals surface area (Å²) in [5.41, 5.74) is 0. The van der Waals surface area contributed by atoms with E-state index in [2.05, 4.69) is 19.7 Å². The summed E-state index contributed by atoms with van der Waals surface area (Å²) < 4.78 is 38.0. The summed E-state index contributed by atoms with van der Waals surface area (Å²) in [4.78, 5) is 14.7. The fourth-order valence-electron chi connectivity index (χ4n) is 2.71. The molecule has 0 bridgehead atoms. The van der Waals surface area contributed by atoms with Crippen LogP contribution in [0.2, 0.25) is 5.02 Å². The van der Waals surface area contributed by atoms with Crippen molar-refractivity contribution in [1.29, 1.82) is 0 Å². The van der Waals surface area contributed by atoms with Gasteiger partial charge in [0.1, 0.15) is 10.6 Å². The molecule has 0 unspecified atom stereocenters. The van der Waals surface area contributed by atoms with Crippen molar-refractivity contribution >= 4 is 27.6 Å². The number of rotatable bonds is 7. The minimum Gasteiger partial charge on any atom is -0.495 e. The molecule has 2 heterocycles. The zero-order valence-corrected chi connectivity index (χ0v) is 16.5.